The first-order valence-corrected chi connectivity index (χ1v) is 10.3. The fourth-order valence-corrected chi connectivity index (χ4v) is 3.46. The second-order valence-corrected chi connectivity index (χ2v) is 7.59. The highest BCUT2D eigenvalue weighted by Gasteiger charge is 2.12. The van der Waals surface area contributed by atoms with Crippen LogP contribution in [0.1, 0.15) is 48.9 Å². The van der Waals surface area contributed by atoms with Crippen LogP contribution in [0.25, 0.3) is 17.2 Å². The van der Waals surface area contributed by atoms with E-state index in [1.54, 1.807) is 0 Å². The van der Waals surface area contributed by atoms with E-state index in [4.69, 9.17) is 0 Å². The molecule has 3 aromatic rings. The largest absolute Gasteiger partial charge is 0.0651 e. The lowest BCUT2D eigenvalue weighted by atomic mass is 9.87. The van der Waals surface area contributed by atoms with Crippen LogP contribution in [0.4, 0.5) is 0 Å². The molecule has 3 rings (SSSR count). The van der Waals surface area contributed by atoms with E-state index in [1.807, 2.05) is 0 Å². The minimum absolute atomic E-state index is 0.640. The molecule has 0 bridgehead atoms. The number of hydrogen-bond donors (Lipinski definition) is 0. The van der Waals surface area contributed by atoms with Crippen LogP contribution in [0.15, 0.2) is 91.0 Å². The van der Waals surface area contributed by atoms with Crippen LogP contribution in [0.3, 0.4) is 0 Å². The molecule has 0 heteroatoms. The van der Waals surface area contributed by atoms with Gasteiger partial charge in [0, 0.05) is 0 Å². The molecular weight excluding hydrogens is 336 g/mol. The van der Waals surface area contributed by atoms with E-state index < -0.39 is 0 Å². The molecule has 142 valence electrons. The number of allylic oxidation sites excluding steroid dienone is 3. The van der Waals surface area contributed by atoms with Crippen molar-refractivity contribution in [1.29, 1.82) is 0 Å². The van der Waals surface area contributed by atoms with Crippen LogP contribution in [-0.4, -0.2) is 0 Å². The summed E-state index contributed by atoms with van der Waals surface area (Å²) in [5.41, 5.74) is 7.85. The van der Waals surface area contributed by atoms with E-state index in [2.05, 4.69) is 118 Å². The van der Waals surface area contributed by atoms with Gasteiger partial charge in [-0.15, -0.1) is 0 Å². The molecular formula is C28H30. The highest BCUT2D eigenvalue weighted by Crippen LogP contribution is 2.33. The zero-order valence-electron chi connectivity index (χ0n) is 17.2. The molecule has 0 amide bonds. The molecule has 0 N–H and O–H groups in total. The predicted octanol–water partition coefficient (Wildman–Crippen LogP) is 8.06. The average molecular weight is 367 g/mol. The topological polar surface area (TPSA) is 0 Å². The van der Waals surface area contributed by atoms with E-state index in [-0.39, 0.29) is 0 Å². The highest BCUT2D eigenvalue weighted by molar-refractivity contribution is 5.97. The van der Waals surface area contributed by atoms with Gasteiger partial charge in [0.05, 0.1) is 0 Å². The predicted molar refractivity (Wildman–Crippen MR) is 124 cm³/mol. The van der Waals surface area contributed by atoms with Crippen molar-refractivity contribution in [3.63, 3.8) is 0 Å². The molecule has 0 aliphatic heterocycles. The van der Waals surface area contributed by atoms with Gasteiger partial charge in [0.25, 0.3) is 0 Å². The van der Waals surface area contributed by atoms with Gasteiger partial charge in [-0.2, -0.15) is 0 Å². The minimum Gasteiger partial charge on any atom is -0.0651 e. The lowest BCUT2D eigenvalue weighted by Gasteiger charge is -2.18. The number of hydrogen-bond acceptors (Lipinski definition) is 0. The van der Waals surface area contributed by atoms with Gasteiger partial charge in [0.2, 0.25) is 0 Å². The van der Waals surface area contributed by atoms with Crippen LogP contribution in [-0.2, 0) is 0 Å². The van der Waals surface area contributed by atoms with Gasteiger partial charge in [-0.05, 0) is 47.1 Å². The maximum Gasteiger partial charge on any atom is -0.0146 e. The molecule has 0 aliphatic rings. The van der Waals surface area contributed by atoms with Gasteiger partial charge in [-0.3, -0.25) is 0 Å². The monoisotopic (exact) mass is 366 g/mol. The molecule has 0 aromatic heterocycles. The number of aryl methyl sites for hydroxylation is 1. The van der Waals surface area contributed by atoms with Crippen LogP contribution < -0.4 is 0 Å². The normalized spacial score (nSPS) is 13.4. The van der Waals surface area contributed by atoms with Crippen molar-refractivity contribution in [2.75, 3.05) is 0 Å². The molecule has 0 saturated heterocycles. The summed E-state index contributed by atoms with van der Waals surface area (Å²) in [6.45, 7) is 6.76. The average Bonchev–Trinajstić information content (AvgIpc) is 2.74. The maximum atomic E-state index is 2.34. The molecule has 1 unspecified atom stereocenters. The Morgan fingerprint density at radius 3 is 2.07 bits per heavy atom. The second-order valence-electron chi connectivity index (χ2n) is 7.59. The first-order chi connectivity index (χ1) is 13.7. The zero-order chi connectivity index (χ0) is 19.8. The molecule has 0 radical (unpaired) electrons. The number of rotatable bonds is 7. The Morgan fingerprint density at radius 1 is 0.821 bits per heavy atom. The summed E-state index contributed by atoms with van der Waals surface area (Å²) in [4.78, 5) is 0. The van der Waals surface area contributed by atoms with Gasteiger partial charge in [-0.25, -0.2) is 0 Å². The third-order valence-corrected chi connectivity index (χ3v) is 5.27. The summed E-state index contributed by atoms with van der Waals surface area (Å²) in [7, 11) is 0. The van der Waals surface area contributed by atoms with E-state index in [0.717, 1.165) is 6.42 Å². The van der Waals surface area contributed by atoms with Crippen molar-refractivity contribution in [2.24, 2.45) is 5.92 Å². The Morgan fingerprint density at radius 2 is 1.46 bits per heavy atom. The molecule has 3 aromatic carbocycles. The summed E-state index contributed by atoms with van der Waals surface area (Å²) in [5, 5.41) is 0. The van der Waals surface area contributed by atoms with Gasteiger partial charge in [-0.1, -0.05) is 123 Å². The summed E-state index contributed by atoms with van der Waals surface area (Å²) in [6.07, 6.45) is 6.80. The smallest absolute Gasteiger partial charge is 0.0146 e. The second kappa shape index (κ2) is 9.90. The van der Waals surface area contributed by atoms with E-state index in [1.165, 1.54) is 39.8 Å². The fraction of sp³-hybridized carbons (Fsp3) is 0.214. The van der Waals surface area contributed by atoms with Crippen LogP contribution in [0.5, 0.6) is 0 Å². The third kappa shape index (κ3) is 5.33. The van der Waals surface area contributed by atoms with Crippen LogP contribution >= 0.6 is 0 Å². The minimum atomic E-state index is 0.640. The molecule has 0 aliphatic carbocycles. The van der Waals surface area contributed by atoms with Crippen molar-refractivity contribution >= 4 is 17.2 Å². The number of benzene rings is 3. The maximum absolute atomic E-state index is 2.34. The van der Waals surface area contributed by atoms with Crippen molar-refractivity contribution in [3.8, 4) is 0 Å². The van der Waals surface area contributed by atoms with Crippen LogP contribution in [0.2, 0.25) is 0 Å². The van der Waals surface area contributed by atoms with Crippen molar-refractivity contribution < 1.29 is 0 Å². The van der Waals surface area contributed by atoms with Crippen LogP contribution in [0, 0.1) is 12.8 Å². The van der Waals surface area contributed by atoms with Gasteiger partial charge in [0.1, 0.15) is 0 Å². The first kappa shape index (κ1) is 19.9. The molecule has 0 nitrogen and oxygen atoms in total. The van der Waals surface area contributed by atoms with E-state index in [0.29, 0.717) is 5.92 Å². The van der Waals surface area contributed by atoms with Crippen molar-refractivity contribution in [1.82, 2.24) is 0 Å². The quantitative estimate of drug-likeness (QED) is 0.293. The lowest BCUT2D eigenvalue weighted by Crippen LogP contribution is -1.98. The van der Waals surface area contributed by atoms with Crippen molar-refractivity contribution in [3.05, 3.63) is 113 Å². The zero-order valence-corrected chi connectivity index (χ0v) is 17.2. The molecule has 0 saturated carbocycles. The Balaban J connectivity index is 2.15. The molecule has 1 atom stereocenters. The summed E-state index contributed by atoms with van der Waals surface area (Å²) in [5.74, 6) is 0.640. The van der Waals surface area contributed by atoms with Crippen molar-refractivity contribution in [2.45, 2.75) is 33.6 Å². The van der Waals surface area contributed by atoms with E-state index in [9.17, 15) is 0 Å². The van der Waals surface area contributed by atoms with Gasteiger partial charge < -0.3 is 0 Å². The standard InChI is InChI=1S/C28H30/c1-4-22(2)21-28(26-16-9-6-10-17-26)27(25-14-7-5-8-15-25)19-18-24-13-11-12-23(3)20-24/h5-20,22H,4,21H2,1-3H3. The first-order valence-electron chi connectivity index (χ1n) is 10.3. The third-order valence-electron chi connectivity index (χ3n) is 5.27. The Bertz CT molecular complexity index is 930. The Labute approximate surface area is 170 Å². The Hall–Kier alpha value is -2.86. The lowest BCUT2D eigenvalue weighted by molar-refractivity contribution is 0.580. The highest BCUT2D eigenvalue weighted by atomic mass is 14.2. The Kier molecular flexibility index (Phi) is 7.03. The van der Waals surface area contributed by atoms with Gasteiger partial charge >= 0.3 is 0 Å². The molecule has 0 fully saturated rings. The molecule has 0 spiro atoms. The fourth-order valence-electron chi connectivity index (χ4n) is 3.46. The van der Waals surface area contributed by atoms with E-state index >= 15 is 0 Å². The molecule has 0 heterocycles. The summed E-state index contributed by atoms with van der Waals surface area (Å²) in [6, 6.07) is 30.3. The summed E-state index contributed by atoms with van der Waals surface area (Å²) < 4.78 is 0. The molecule has 28 heavy (non-hydrogen) atoms. The van der Waals surface area contributed by atoms with Gasteiger partial charge in [0.15, 0.2) is 0 Å². The summed E-state index contributed by atoms with van der Waals surface area (Å²) >= 11 is 0. The SMILES string of the molecule is CCC(C)CC(=C(C=Cc1cccc(C)c1)c1ccccc1)c1ccccc1.